The van der Waals surface area contributed by atoms with E-state index in [1.165, 1.54) is 4.90 Å². The molecule has 1 saturated carbocycles. The first-order valence-corrected chi connectivity index (χ1v) is 6.61. The van der Waals surface area contributed by atoms with Crippen molar-refractivity contribution < 1.29 is 5.11 Å². The Kier molecular flexibility index (Phi) is 3.54. The summed E-state index contributed by atoms with van der Waals surface area (Å²) in [6.45, 7) is 0. The molecule has 0 saturated heterocycles. The summed E-state index contributed by atoms with van der Waals surface area (Å²) < 4.78 is 0. The second-order valence-electron chi connectivity index (χ2n) is 3.98. The topological polar surface area (TPSA) is 32.3 Å². The monoisotopic (exact) mass is 223 g/mol. The zero-order valence-corrected chi connectivity index (χ0v) is 9.76. The molecule has 82 valence electrons. The van der Waals surface area contributed by atoms with Crippen LogP contribution in [0.25, 0.3) is 0 Å². The molecule has 2 N–H and O–H groups in total. The van der Waals surface area contributed by atoms with Gasteiger partial charge in [0.2, 0.25) is 0 Å². The third-order valence-corrected chi connectivity index (χ3v) is 3.63. The van der Waals surface area contributed by atoms with Crippen molar-refractivity contribution in [3.8, 4) is 0 Å². The molecule has 1 aliphatic carbocycles. The summed E-state index contributed by atoms with van der Waals surface area (Å²) >= 11 is 1.74. The first kappa shape index (κ1) is 10.8. The van der Waals surface area contributed by atoms with Gasteiger partial charge in [-0.3, -0.25) is 0 Å². The Hall–Kier alpha value is -0.670. The van der Waals surface area contributed by atoms with Gasteiger partial charge in [0.05, 0.1) is 12.1 Å². The first-order valence-electron chi connectivity index (χ1n) is 5.38. The normalized spacial score (nSPS) is 25.5. The van der Waals surface area contributed by atoms with Crippen molar-refractivity contribution in [3.05, 3.63) is 24.3 Å². The molecule has 0 heterocycles. The molecule has 1 fully saturated rings. The molecule has 2 unspecified atom stereocenters. The standard InChI is InChI=1S/C12H17NOS/c1-15-10-5-2-4-9(8-10)13-11-6-3-7-12(11)14/h2,4-5,8,11-14H,3,6-7H2,1H3. The minimum Gasteiger partial charge on any atom is -0.391 e. The number of hydrogen-bond donors (Lipinski definition) is 2. The number of rotatable bonds is 3. The van der Waals surface area contributed by atoms with Crippen molar-refractivity contribution in [1.82, 2.24) is 0 Å². The molecule has 0 aliphatic heterocycles. The quantitative estimate of drug-likeness (QED) is 0.773. The molecule has 1 aromatic carbocycles. The maximum atomic E-state index is 9.71. The van der Waals surface area contributed by atoms with Crippen molar-refractivity contribution in [1.29, 1.82) is 0 Å². The van der Waals surface area contributed by atoms with Gasteiger partial charge in [0, 0.05) is 10.6 Å². The lowest BCUT2D eigenvalue weighted by Crippen LogP contribution is -2.27. The lowest BCUT2D eigenvalue weighted by Gasteiger charge is -2.18. The average molecular weight is 223 g/mol. The van der Waals surface area contributed by atoms with Crippen LogP contribution < -0.4 is 5.32 Å². The summed E-state index contributed by atoms with van der Waals surface area (Å²) in [7, 11) is 0. The van der Waals surface area contributed by atoms with Gasteiger partial charge in [0.15, 0.2) is 0 Å². The van der Waals surface area contributed by atoms with Crippen LogP contribution in [-0.2, 0) is 0 Å². The Balaban J connectivity index is 2.03. The van der Waals surface area contributed by atoms with E-state index in [9.17, 15) is 5.11 Å². The lowest BCUT2D eigenvalue weighted by atomic mass is 10.2. The molecule has 15 heavy (non-hydrogen) atoms. The zero-order valence-electron chi connectivity index (χ0n) is 8.94. The summed E-state index contributed by atoms with van der Waals surface area (Å²) in [5.41, 5.74) is 1.12. The van der Waals surface area contributed by atoms with E-state index < -0.39 is 0 Å². The Morgan fingerprint density at radius 1 is 1.40 bits per heavy atom. The molecule has 2 nitrogen and oxygen atoms in total. The number of hydrogen-bond acceptors (Lipinski definition) is 3. The van der Waals surface area contributed by atoms with E-state index in [1.54, 1.807) is 11.8 Å². The molecule has 2 atom stereocenters. The Labute approximate surface area is 95.1 Å². The highest BCUT2D eigenvalue weighted by molar-refractivity contribution is 7.98. The second-order valence-corrected chi connectivity index (χ2v) is 4.86. The highest BCUT2D eigenvalue weighted by Crippen LogP contribution is 2.25. The molecule has 0 amide bonds. The maximum absolute atomic E-state index is 9.71. The van der Waals surface area contributed by atoms with Crippen molar-refractivity contribution in [2.75, 3.05) is 11.6 Å². The van der Waals surface area contributed by atoms with Crippen LogP contribution in [0, 0.1) is 0 Å². The van der Waals surface area contributed by atoms with Crippen molar-refractivity contribution in [2.45, 2.75) is 36.3 Å². The van der Waals surface area contributed by atoms with E-state index in [2.05, 4.69) is 35.8 Å². The summed E-state index contributed by atoms with van der Waals surface area (Å²) in [6, 6.07) is 8.58. The molecule has 1 aliphatic rings. The summed E-state index contributed by atoms with van der Waals surface area (Å²) in [4.78, 5) is 1.26. The van der Waals surface area contributed by atoms with Gasteiger partial charge in [-0.2, -0.15) is 0 Å². The van der Waals surface area contributed by atoms with Crippen LogP contribution in [0.3, 0.4) is 0 Å². The lowest BCUT2D eigenvalue weighted by molar-refractivity contribution is 0.172. The van der Waals surface area contributed by atoms with Crippen LogP contribution >= 0.6 is 11.8 Å². The Morgan fingerprint density at radius 2 is 2.27 bits per heavy atom. The van der Waals surface area contributed by atoms with Crippen LogP contribution in [0.5, 0.6) is 0 Å². The fourth-order valence-electron chi connectivity index (χ4n) is 2.04. The molecule has 0 aromatic heterocycles. The molecule has 0 radical (unpaired) electrons. The zero-order chi connectivity index (χ0) is 10.7. The predicted octanol–water partition coefficient (Wildman–Crippen LogP) is 2.73. The van der Waals surface area contributed by atoms with Crippen molar-refractivity contribution in [2.24, 2.45) is 0 Å². The maximum Gasteiger partial charge on any atom is 0.0741 e. The Morgan fingerprint density at radius 3 is 2.93 bits per heavy atom. The molecular formula is C12H17NOS. The van der Waals surface area contributed by atoms with Crippen LogP contribution in [0.15, 0.2) is 29.2 Å². The number of aliphatic hydroxyl groups excluding tert-OH is 1. The van der Waals surface area contributed by atoms with Gasteiger partial charge >= 0.3 is 0 Å². The summed E-state index contributed by atoms with van der Waals surface area (Å²) in [6.07, 6.45) is 5.03. The van der Waals surface area contributed by atoms with Crippen LogP contribution in [0.4, 0.5) is 5.69 Å². The summed E-state index contributed by atoms with van der Waals surface area (Å²) in [5, 5.41) is 13.1. The van der Waals surface area contributed by atoms with E-state index in [0.717, 1.165) is 24.9 Å². The molecule has 2 rings (SSSR count). The number of aliphatic hydroxyl groups is 1. The van der Waals surface area contributed by atoms with E-state index >= 15 is 0 Å². The van der Waals surface area contributed by atoms with Gasteiger partial charge < -0.3 is 10.4 Å². The second kappa shape index (κ2) is 4.90. The number of anilines is 1. The average Bonchev–Trinajstić information content (AvgIpc) is 2.65. The fraction of sp³-hybridized carbons (Fsp3) is 0.500. The van der Waals surface area contributed by atoms with E-state index in [1.807, 2.05) is 0 Å². The predicted molar refractivity (Wildman–Crippen MR) is 65.5 cm³/mol. The van der Waals surface area contributed by atoms with Crippen molar-refractivity contribution >= 4 is 17.4 Å². The highest BCUT2D eigenvalue weighted by Gasteiger charge is 2.24. The SMILES string of the molecule is CSc1cccc(NC2CCCC2O)c1. The molecular weight excluding hydrogens is 206 g/mol. The van der Waals surface area contributed by atoms with Gasteiger partial charge in [-0.05, 0) is 43.7 Å². The molecule has 3 heteroatoms. The first-order chi connectivity index (χ1) is 7.29. The number of thioether (sulfide) groups is 1. The Bertz CT molecular complexity index is 329. The molecule has 0 spiro atoms. The summed E-state index contributed by atoms with van der Waals surface area (Å²) in [5.74, 6) is 0. The van der Waals surface area contributed by atoms with Crippen LogP contribution in [-0.4, -0.2) is 23.5 Å². The van der Waals surface area contributed by atoms with Crippen molar-refractivity contribution in [3.63, 3.8) is 0 Å². The van der Waals surface area contributed by atoms with Gasteiger partial charge in [-0.15, -0.1) is 11.8 Å². The largest absolute Gasteiger partial charge is 0.391 e. The minimum absolute atomic E-state index is 0.178. The van der Waals surface area contributed by atoms with E-state index in [-0.39, 0.29) is 12.1 Å². The number of nitrogens with one attached hydrogen (secondary N) is 1. The molecule has 0 bridgehead atoms. The fourth-order valence-corrected chi connectivity index (χ4v) is 2.50. The van der Waals surface area contributed by atoms with Crippen LogP contribution in [0.1, 0.15) is 19.3 Å². The van der Waals surface area contributed by atoms with Gasteiger partial charge in [0.1, 0.15) is 0 Å². The smallest absolute Gasteiger partial charge is 0.0741 e. The third-order valence-electron chi connectivity index (χ3n) is 2.90. The third kappa shape index (κ3) is 2.67. The van der Waals surface area contributed by atoms with Gasteiger partial charge in [-0.25, -0.2) is 0 Å². The van der Waals surface area contributed by atoms with E-state index in [4.69, 9.17) is 0 Å². The van der Waals surface area contributed by atoms with Gasteiger partial charge in [0.25, 0.3) is 0 Å². The molecule has 1 aromatic rings. The van der Waals surface area contributed by atoms with Gasteiger partial charge in [-0.1, -0.05) is 6.07 Å². The highest BCUT2D eigenvalue weighted by atomic mass is 32.2. The number of benzene rings is 1. The minimum atomic E-state index is -0.178. The van der Waals surface area contributed by atoms with Crippen LogP contribution in [0.2, 0.25) is 0 Å². The van der Waals surface area contributed by atoms with E-state index in [0.29, 0.717) is 0 Å².